The highest BCUT2D eigenvalue weighted by Crippen LogP contribution is 2.34. The standard InChI is InChI=1S/C27H23FIN3O3/c1-3-5-21-12-20(16-31-32-27(33)23-11-8-19(15-30)13-24(23)28)14-25(34-4-2)26(21)35-17-18-6-9-22(29)10-7-18/h3,6-14,16H,1,4-5,17H2,2H3,(H,32,33)/b31-16-. The van der Waals surface area contributed by atoms with E-state index in [-0.39, 0.29) is 11.1 Å². The van der Waals surface area contributed by atoms with Crippen molar-refractivity contribution in [3.63, 3.8) is 0 Å². The number of nitriles is 1. The van der Waals surface area contributed by atoms with Gasteiger partial charge in [-0.05, 0) is 89.5 Å². The van der Waals surface area contributed by atoms with Crippen LogP contribution < -0.4 is 14.9 Å². The van der Waals surface area contributed by atoms with Crippen molar-refractivity contribution >= 4 is 34.7 Å². The van der Waals surface area contributed by atoms with Gasteiger partial charge >= 0.3 is 0 Å². The molecule has 0 saturated carbocycles. The Labute approximate surface area is 217 Å². The largest absolute Gasteiger partial charge is 0.490 e. The second-order valence-electron chi connectivity index (χ2n) is 7.35. The lowest BCUT2D eigenvalue weighted by molar-refractivity contribution is 0.0951. The molecule has 1 amide bonds. The van der Waals surface area contributed by atoms with Crippen LogP contribution in [0.5, 0.6) is 11.5 Å². The molecule has 0 atom stereocenters. The van der Waals surface area contributed by atoms with Crippen molar-refractivity contribution in [1.82, 2.24) is 5.43 Å². The van der Waals surface area contributed by atoms with Crippen LogP contribution >= 0.6 is 22.6 Å². The number of nitrogens with one attached hydrogen (secondary N) is 1. The number of amides is 1. The molecule has 8 heteroatoms. The molecular formula is C27H23FIN3O3. The summed E-state index contributed by atoms with van der Waals surface area (Å²) in [6.45, 7) is 6.51. The third-order valence-corrected chi connectivity index (χ3v) is 5.56. The second kappa shape index (κ2) is 12.7. The number of hydrogen-bond acceptors (Lipinski definition) is 5. The van der Waals surface area contributed by atoms with E-state index in [4.69, 9.17) is 14.7 Å². The van der Waals surface area contributed by atoms with Crippen LogP contribution in [0, 0.1) is 20.7 Å². The molecular weight excluding hydrogens is 560 g/mol. The van der Waals surface area contributed by atoms with Crippen LogP contribution in [0.3, 0.4) is 0 Å². The molecule has 178 valence electrons. The first kappa shape index (κ1) is 25.9. The number of carbonyl (C=O) groups excluding carboxylic acids is 1. The molecule has 3 rings (SSSR count). The Morgan fingerprint density at radius 2 is 1.97 bits per heavy atom. The zero-order chi connectivity index (χ0) is 25.2. The van der Waals surface area contributed by atoms with Gasteiger partial charge in [0.15, 0.2) is 11.5 Å². The fourth-order valence-corrected chi connectivity index (χ4v) is 3.58. The average Bonchev–Trinajstić information content (AvgIpc) is 2.84. The van der Waals surface area contributed by atoms with Crippen molar-refractivity contribution < 1.29 is 18.7 Å². The van der Waals surface area contributed by atoms with E-state index in [2.05, 4.69) is 39.7 Å². The highest BCUT2D eigenvalue weighted by atomic mass is 127. The van der Waals surface area contributed by atoms with E-state index < -0.39 is 11.7 Å². The molecule has 0 saturated heterocycles. The van der Waals surface area contributed by atoms with E-state index >= 15 is 0 Å². The fraction of sp³-hybridized carbons (Fsp3) is 0.148. The van der Waals surface area contributed by atoms with Gasteiger partial charge in [-0.15, -0.1) is 6.58 Å². The number of benzene rings is 3. The minimum Gasteiger partial charge on any atom is -0.490 e. The fourth-order valence-electron chi connectivity index (χ4n) is 3.22. The number of ether oxygens (including phenoxy) is 2. The van der Waals surface area contributed by atoms with E-state index in [1.54, 1.807) is 12.1 Å². The summed E-state index contributed by atoms with van der Waals surface area (Å²) in [4.78, 5) is 12.3. The summed E-state index contributed by atoms with van der Waals surface area (Å²) in [5, 5.41) is 12.8. The first-order chi connectivity index (χ1) is 16.9. The van der Waals surface area contributed by atoms with Crippen LogP contribution in [-0.2, 0) is 13.0 Å². The van der Waals surface area contributed by atoms with Gasteiger partial charge in [0.2, 0.25) is 0 Å². The third kappa shape index (κ3) is 7.13. The van der Waals surface area contributed by atoms with Crippen LogP contribution in [0.2, 0.25) is 0 Å². The maximum Gasteiger partial charge on any atom is 0.274 e. The minimum absolute atomic E-state index is 0.130. The number of hydrazone groups is 1. The van der Waals surface area contributed by atoms with Crippen molar-refractivity contribution in [2.24, 2.45) is 5.10 Å². The maximum absolute atomic E-state index is 14.1. The van der Waals surface area contributed by atoms with E-state index in [0.717, 1.165) is 20.8 Å². The van der Waals surface area contributed by atoms with Crippen LogP contribution in [-0.4, -0.2) is 18.7 Å². The number of nitrogens with zero attached hydrogens (tertiary/aromatic N) is 2. The molecule has 0 radical (unpaired) electrons. The highest BCUT2D eigenvalue weighted by Gasteiger charge is 2.14. The van der Waals surface area contributed by atoms with Gasteiger partial charge in [-0.1, -0.05) is 18.2 Å². The van der Waals surface area contributed by atoms with Crippen LogP contribution in [0.4, 0.5) is 4.39 Å². The van der Waals surface area contributed by atoms with Gasteiger partial charge in [0.25, 0.3) is 5.91 Å². The van der Waals surface area contributed by atoms with Crippen molar-refractivity contribution in [3.8, 4) is 17.6 Å². The molecule has 0 spiro atoms. The lowest BCUT2D eigenvalue weighted by atomic mass is 10.1. The van der Waals surface area contributed by atoms with E-state index in [0.29, 0.717) is 36.7 Å². The van der Waals surface area contributed by atoms with Crippen LogP contribution in [0.15, 0.2) is 72.4 Å². The zero-order valence-electron chi connectivity index (χ0n) is 19.1. The van der Waals surface area contributed by atoms with Crippen molar-refractivity contribution in [2.75, 3.05) is 6.61 Å². The Kier molecular flexibility index (Phi) is 9.38. The monoisotopic (exact) mass is 583 g/mol. The number of hydrogen-bond donors (Lipinski definition) is 1. The summed E-state index contributed by atoms with van der Waals surface area (Å²) in [5.41, 5.74) is 4.77. The quantitative estimate of drug-likeness (QED) is 0.142. The Morgan fingerprint density at radius 3 is 2.63 bits per heavy atom. The molecule has 0 aliphatic heterocycles. The van der Waals surface area contributed by atoms with Crippen LogP contribution in [0.1, 0.15) is 39.5 Å². The second-order valence-corrected chi connectivity index (χ2v) is 8.60. The summed E-state index contributed by atoms with van der Waals surface area (Å²) in [6, 6.07) is 17.1. The first-order valence-electron chi connectivity index (χ1n) is 10.8. The van der Waals surface area contributed by atoms with Crippen molar-refractivity contribution in [1.29, 1.82) is 5.26 Å². The molecule has 3 aromatic carbocycles. The average molecular weight is 583 g/mol. The lowest BCUT2D eigenvalue weighted by Gasteiger charge is -2.17. The molecule has 0 aliphatic carbocycles. The van der Waals surface area contributed by atoms with Crippen molar-refractivity contribution in [2.45, 2.75) is 20.0 Å². The summed E-state index contributed by atoms with van der Waals surface area (Å²) >= 11 is 2.25. The maximum atomic E-state index is 14.1. The number of carbonyl (C=O) groups is 1. The van der Waals surface area contributed by atoms with Crippen LogP contribution in [0.25, 0.3) is 0 Å². The molecule has 35 heavy (non-hydrogen) atoms. The van der Waals surface area contributed by atoms with Gasteiger partial charge in [-0.25, -0.2) is 9.82 Å². The molecule has 0 aromatic heterocycles. The van der Waals surface area contributed by atoms with E-state index in [1.165, 1.54) is 18.3 Å². The lowest BCUT2D eigenvalue weighted by Crippen LogP contribution is -2.19. The smallest absolute Gasteiger partial charge is 0.274 e. The summed E-state index contributed by atoms with van der Waals surface area (Å²) in [5.74, 6) is -0.357. The number of allylic oxidation sites excluding steroid dienone is 1. The topological polar surface area (TPSA) is 83.7 Å². The predicted molar refractivity (Wildman–Crippen MR) is 141 cm³/mol. The predicted octanol–water partition coefficient (Wildman–Crippen LogP) is 5.77. The van der Waals surface area contributed by atoms with Gasteiger partial charge in [0, 0.05) is 9.13 Å². The number of halogens is 2. The Bertz CT molecular complexity index is 1280. The Morgan fingerprint density at radius 1 is 1.20 bits per heavy atom. The van der Waals surface area contributed by atoms with Gasteiger partial charge in [0.1, 0.15) is 12.4 Å². The normalized spacial score (nSPS) is 10.6. The third-order valence-electron chi connectivity index (χ3n) is 4.84. The van der Waals surface area contributed by atoms with Gasteiger partial charge in [-0.2, -0.15) is 10.4 Å². The molecule has 0 fully saturated rings. The van der Waals surface area contributed by atoms with Gasteiger partial charge < -0.3 is 9.47 Å². The summed E-state index contributed by atoms with van der Waals surface area (Å²) in [6.07, 6.45) is 3.74. The molecule has 1 N–H and O–H groups in total. The molecule has 0 heterocycles. The summed E-state index contributed by atoms with van der Waals surface area (Å²) in [7, 11) is 0. The molecule has 3 aromatic rings. The van der Waals surface area contributed by atoms with Gasteiger partial charge in [-0.3, -0.25) is 4.79 Å². The van der Waals surface area contributed by atoms with Crippen molar-refractivity contribution in [3.05, 3.63) is 104 Å². The number of rotatable bonds is 10. The Hall–Kier alpha value is -3.71. The summed E-state index contributed by atoms with van der Waals surface area (Å²) < 4.78 is 27.2. The highest BCUT2D eigenvalue weighted by molar-refractivity contribution is 14.1. The Balaban J connectivity index is 1.80. The molecule has 6 nitrogen and oxygen atoms in total. The molecule has 0 aliphatic rings. The van der Waals surface area contributed by atoms with Gasteiger partial charge in [0.05, 0.1) is 30.0 Å². The SMILES string of the molecule is C=CCc1cc(/C=N\NC(=O)c2ccc(C#N)cc2F)cc(OCC)c1OCc1ccc(I)cc1. The molecule has 0 unspecified atom stereocenters. The zero-order valence-corrected chi connectivity index (χ0v) is 21.2. The minimum atomic E-state index is -0.793. The molecule has 0 bridgehead atoms. The van der Waals surface area contributed by atoms with E-state index in [9.17, 15) is 9.18 Å². The van der Waals surface area contributed by atoms with E-state index in [1.807, 2.05) is 43.3 Å². The first-order valence-corrected chi connectivity index (χ1v) is 11.8.